The lowest BCUT2D eigenvalue weighted by Gasteiger charge is -2.48. The number of hydrogen-bond donors (Lipinski definition) is 1. The van der Waals surface area contributed by atoms with Gasteiger partial charge in [-0.2, -0.15) is 4.98 Å². The van der Waals surface area contributed by atoms with Crippen molar-refractivity contribution in [1.29, 1.82) is 0 Å². The molecular weight excluding hydrogens is 455 g/mol. The number of rotatable bonds is 8. The third-order valence-corrected chi connectivity index (χ3v) is 6.89. The van der Waals surface area contributed by atoms with Gasteiger partial charge in [-0.15, -0.1) is 0 Å². The van der Waals surface area contributed by atoms with Crippen LogP contribution < -0.4 is 24.8 Å². The maximum Gasteiger partial charge on any atom is 0.227 e. The average molecular weight is 493 g/mol. The molecular formula is C28H37FN6O. The zero-order chi connectivity index (χ0) is 25.9. The van der Waals surface area contributed by atoms with Gasteiger partial charge < -0.3 is 24.8 Å². The summed E-state index contributed by atoms with van der Waals surface area (Å²) in [6.45, 7) is 14.8. The van der Waals surface area contributed by atoms with Crippen molar-refractivity contribution in [2.75, 3.05) is 59.9 Å². The first-order valence-corrected chi connectivity index (χ1v) is 12.6. The van der Waals surface area contributed by atoms with Gasteiger partial charge in [0.2, 0.25) is 5.95 Å². The van der Waals surface area contributed by atoms with Crippen LogP contribution in [-0.2, 0) is 0 Å². The van der Waals surface area contributed by atoms with E-state index in [0.29, 0.717) is 12.5 Å². The summed E-state index contributed by atoms with van der Waals surface area (Å²) in [4.78, 5) is 15.7. The van der Waals surface area contributed by atoms with E-state index in [4.69, 9.17) is 4.74 Å². The summed E-state index contributed by atoms with van der Waals surface area (Å²) in [6, 6.07) is 14.3. The summed E-state index contributed by atoms with van der Waals surface area (Å²) in [5.41, 5.74) is 4.00. The summed E-state index contributed by atoms with van der Waals surface area (Å²) in [5.74, 6) is 1.09. The predicted molar refractivity (Wildman–Crippen MR) is 147 cm³/mol. The Morgan fingerprint density at radius 1 is 1.08 bits per heavy atom. The molecule has 8 heteroatoms. The Kier molecular flexibility index (Phi) is 7.52. The normalized spacial score (nSPS) is 15.1. The molecule has 0 spiro atoms. The number of halogens is 1. The molecule has 2 aromatic carbocycles. The molecule has 3 aromatic rings. The van der Waals surface area contributed by atoms with Gasteiger partial charge in [-0.25, -0.2) is 9.37 Å². The minimum absolute atomic E-state index is 0.172. The third-order valence-electron chi connectivity index (χ3n) is 6.89. The highest BCUT2D eigenvalue weighted by Crippen LogP contribution is 2.32. The number of anilines is 5. The van der Waals surface area contributed by atoms with E-state index in [-0.39, 0.29) is 11.4 Å². The van der Waals surface area contributed by atoms with Crippen LogP contribution in [0.4, 0.5) is 33.2 Å². The topological polar surface area (TPSA) is 56.8 Å². The number of aryl methyl sites for hydroxylation is 1. The second kappa shape index (κ2) is 10.6. The molecule has 1 fully saturated rings. The molecule has 1 aliphatic heterocycles. The Morgan fingerprint density at radius 3 is 2.42 bits per heavy atom. The van der Waals surface area contributed by atoms with Gasteiger partial charge in [-0.3, -0.25) is 0 Å². The number of nitrogens with zero attached hydrogens (tertiary/aromatic N) is 5. The first-order chi connectivity index (χ1) is 17.2. The van der Waals surface area contributed by atoms with E-state index in [9.17, 15) is 4.39 Å². The average Bonchev–Trinajstić information content (AvgIpc) is 2.87. The number of piperazine rings is 1. The molecule has 0 aliphatic carbocycles. The molecule has 4 rings (SSSR count). The summed E-state index contributed by atoms with van der Waals surface area (Å²) >= 11 is 0. The van der Waals surface area contributed by atoms with E-state index in [1.54, 1.807) is 7.11 Å². The van der Waals surface area contributed by atoms with E-state index in [2.05, 4.69) is 81.9 Å². The van der Waals surface area contributed by atoms with Gasteiger partial charge in [0.05, 0.1) is 18.8 Å². The number of ether oxygens (including phenoxy) is 1. The minimum atomic E-state index is -0.470. The van der Waals surface area contributed by atoms with Crippen LogP contribution in [0.5, 0.6) is 5.75 Å². The van der Waals surface area contributed by atoms with Crippen molar-refractivity contribution >= 4 is 28.8 Å². The molecule has 0 unspecified atom stereocenters. The number of benzene rings is 2. The van der Waals surface area contributed by atoms with Crippen molar-refractivity contribution < 1.29 is 9.13 Å². The standard InChI is InChI=1S/C28H37FN6O/c1-7-33(8-2)22-11-14-25(20(3)17-22)31-26-24(29)18-30-27(32-26)34-15-16-35(28(4,5)19-34)21-9-12-23(36-6)13-10-21/h9-14,17-18H,7-8,15-16,19H2,1-6H3,(H,30,31,32). The van der Waals surface area contributed by atoms with Gasteiger partial charge in [-0.1, -0.05) is 0 Å². The zero-order valence-electron chi connectivity index (χ0n) is 22.2. The quantitative estimate of drug-likeness (QED) is 0.437. The number of nitrogens with one attached hydrogen (secondary N) is 1. The second-order valence-corrected chi connectivity index (χ2v) is 9.75. The van der Waals surface area contributed by atoms with Crippen LogP contribution in [0.3, 0.4) is 0 Å². The Hall–Kier alpha value is -3.55. The number of aromatic nitrogens is 2. The highest BCUT2D eigenvalue weighted by Gasteiger charge is 2.35. The molecule has 0 atom stereocenters. The van der Waals surface area contributed by atoms with E-state index < -0.39 is 5.82 Å². The van der Waals surface area contributed by atoms with Gasteiger partial charge in [0.1, 0.15) is 5.75 Å². The SMILES string of the molecule is CCN(CC)c1ccc(Nc2nc(N3CCN(c4ccc(OC)cc4)C(C)(C)C3)ncc2F)c(C)c1. The van der Waals surface area contributed by atoms with Crippen LogP contribution in [0.15, 0.2) is 48.7 Å². The lowest BCUT2D eigenvalue weighted by Crippen LogP contribution is -2.60. The summed E-state index contributed by atoms with van der Waals surface area (Å²) in [5, 5.41) is 3.19. The first-order valence-electron chi connectivity index (χ1n) is 12.6. The molecule has 0 amide bonds. The summed E-state index contributed by atoms with van der Waals surface area (Å²) < 4.78 is 20.0. The van der Waals surface area contributed by atoms with Crippen molar-refractivity contribution in [2.45, 2.75) is 40.2 Å². The smallest absolute Gasteiger partial charge is 0.227 e. The molecule has 0 bridgehead atoms. The monoisotopic (exact) mass is 492 g/mol. The Labute approximate surface area is 213 Å². The predicted octanol–water partition coefficient (Wildman–Crippen LogP) is 5.63. The molecule has 1 aliphatic rings. The molecule has 192 valence electrons. The molecule has 0 saturated carbocycles. The molecule has 7 nitrogen and oxygen atoms in total. The zero-order valence-corrected chi connectivity index (χ0v) is 22.2. The molecule has 36 heavy (non-hydrogen) atoms. The molecule has 1 aromatic heterocycles. The highest BCUT2D eigenvalue weighted by molar-refractivity contribution is 5.66. The van der Waals surface area contributed by atoms with Crippen LogP contribution in [0.2, 0.25) is 0 Å². The first kappa shape index (κ1) is 25.5. The van der Waals surface area contributed by atoms with Crippen molar-refractivity contribution in [3.05, 3.63) is 60.0 Å². The van der Waals surface area contributed by atoms with Gasteiger partial charge in [0.25, 0.3) is 0 Å². The van der Waals surface area contributed by atoms with Crippen LogP contribution in [0.25, 0.3) is 0 Å². The number of hydrogen-bond acceptors (Lipinski definition) is 7. The fourth-order valence-corrected chi connectivity index (χ4v) is 4.87. The van der Waals surface area contributed by atoms with Gasteiger partial charge in [-0.05, 0) is 82.6 Å². The number of methoxy groups -OCH3 is 1. The lowest BCUT2D eigenvalue weighted by atomic mass is 9.98. The highest BCUT2D eigenvalue weighted by atomic mass is 19.1. The minimum Gasteiger partial charge on any atom is -0.497 e. The summed E-state index contributed by atoms with van der Waals surface area (Å²) in [6.07, 6.45) is 1.26. The third kappa shape index (κ3) is 5.32. The Bertz CT molecular complexity index is 1180. The largest absolute Gasteiger partial charge is 0.497 e. The maximum absolute atomic E-state index is 14.7. The molecule has 1 N–H and O–H groups in total. The second-order valence-electron chi connectivity index (χ2n) is 9.75. The Morgan fingerprint density at radius 2 is 1.81 bits per heavy atom. The van der Waals surface area contributed by atoms with Crippen molar-refractivity contribution in [1.82, 2.24) is 9.97 Å². The fraction of sp³-hybridized carbons (Fsp3) is 0.429. The van der Waals surface area contributed by atoms with E-state index in [0.717, 1.165) is 54.6 Å². The summed E-state index contributed by atoms with van der Waals surface area (Å²) in [7, 11) is 1.67. The van der Waals surface area contributed by atoms with Crippen LogP contribution in [0.1, 0.15) is 33.3 Å². The van der Waals surface area contributed by atoms with Crippen LogP contribution in [-0.4, -0.2) is 55.3 Å². The van der Waals surface area contributed by atoms with Crippen molar-refractivity contribution in [3.63, 3.8) is 0 Å². The van der Waals surface area contributed by atoms with E-state index in [1.807, 2.05) is 25.1 Å². The van der Waals surface area contributed by atoms with Crippen molar-refractivity contribution in [3.8, 4) is 5.75 Å². The maximum atomic E-state index is 14.7. The van der Waals surface area contributed by atoms with E-state index >= 15 is 0 Å². The lowest BCUT2D eigenvalue weighted by molar-refractivity contribution is 0.407. The van der Waals surface area contributed by atoms with Gasteiger partial charge >= 0.3 is 0 Å². The molecule has 0 radical (unpaired) electrons. The van der Waals surface area contributed by atoms with Crippen LogP contribution >= 0.6 is 0 Å². The van der Waals surface area contributed by atoms with E-state index in [1.165, 1.54) is 6.20 Å². The van der Waals surface area contributed by atoms with Crippen molar-refractivity contribution in [2.24, 2.45) is 0 Å². The van der Waals surface area contributed by atoms with Gasteiger partial charge in [0.15, 0.2) is 11.6 Å². The van der Waals surface area contributed by atoms with Crippen LogP contribution in [0, 0.1) is 12.7 Å². The fourth-order valence-electron chi connectivity index (χ4n) is 4.87. The molecule has 1 saturated heterocycles. The van der Waals surface area contributed by atoms with Gasteiger partial charge in [0, 0.05) is 49.8 Å². The molecule has 2 heterocycles. The Balaban J connectivity index is 1.51.